The summed E-state index contributed by atoms with van der Waals surface area (Å²) in [7, 11) is 1.69. The summed E-state index contributed by atoms with van der Waals surface area (Å²) >= 11 is 0. The Morgan fingerprint density at radius 2 is 2.08 bits per heavy atom. The maximum atomic E-state index is 12.3. The van der Waals surface area contributed by atoms with E-state index in [1.165, 1.54) is 19.3 Å². The van der Waals surface area contributed by atoms with E-state index in [1.54, 1.807) is 13.3 Å². The van der Waals surface area contributed by atoms with E-state index in [0.717, 1.165) is 12.8 Å². The molecule has 2 nitrogen and oxygen atoms in total. The van der Waals surface area contributed by atoms with Crippen LogP contribution in [0, 0.1) is 5.92 Å². The third-order valence-corrected chi connectivity index (χ3v) is 2.59. The molecule has 0 bridgehead atoms. The van der Waals surface area contributed by atoms with Crippen molar-refractivity contribution in [2.75, 3.05) is 7.05 Å². The molecule has 1 N–H and O–H groups in total. The molecular weight excluding hydrogens is 155 g/mol. The Morgan fingerprint density at radius 3 is 2.58 bits per heavy atom. The van der Waals surface area contributed by atoms with Crippen molar-refractivity contribution in [2.24, 2.45) is 10.9 Å². The van der Waals surface area contributed by atoms with Gasteiger partial charge in [-0.3, -0.25) is 4.99 Å². The molecule has 0 heterocycles. The minimum atomic E-state index is -0.157. The highest BCUT2D eigenvalue weighted by molar-refractivity contribution is 5.64. The molecule has 1 aliphatic carbocycles. The standard InChI is InChI=1S/C9H17FN2/c1-11-7-9(12-10)8-5-3-2-4-6-8/h7-9,12H,2-6H2,1H3/t9-/m0/s1. The van der Waals surface area contributed by atoms with Crippen LogP contribution < -0.4 is 5.54 Å². The fourth-order valence-electron chi connectivity index (χ4n) is 1.89. The number of rotatable bonds is 3. The summed E-state index contributed by atoms with van der Waals surface area (Å²) in [4.78, 5) is 3.85. The topological polar surface area (TPSA) is 24.4 Å². The highest BCUT2D eigenvalue weighted by Gasteiger charge is 2.21. The maximum Gasteiger partial charge on any atom is 0.0747 e. The first-order valence-corrected chi connectivity index (χ1v) is 4.67. The van der Waals surface area contributed by atoms with Crippen LogP contribution >= 0.6 is 0 Å². The predicted octanol–water partition coefficient (Wildman–Crippen LogP) is 2.11. The molecule has 0 radical (unpaired) electrons. The zero-order chi connectivity index (χ0) is 8.81. The Kier molecular flexibility index (Phi) is 4.22. The van der Waals surface area contributed by atoms with Crippen molar-refractivity contribution < 1.29 is 4.48 Å². The van der Waals surface area contributed by atoms with Gasteiger partial charge in [-0.25, -0.2) is 0 Å². The lowest BCUT2D eigenvalue weighted by atomic mass is 9.85. The van der Waals surface area contributed by atoms with Gasteiger partial charge >= 0.3 is 0 Å². The minimum absolute atomic E-state index is 0.157. The molecule has 0 unspecified atom stereocenters. The molecule has 1 rings (SSSR count). The molecule has 70 valence electrons. The van der Waals surface area contributed by atoms with Gasteiger partial charge in [-0.15, -0.1) is 4.48 Å². The SMILES string of the molecule is CN=C[C@H](NF)C1CCCCC1. The van der Waals surface area contributed by atoms with Gasteiger partial charge in [-0.2, -0.15) is 5.54 Å². The van der Waals surface area contributed by atoms with Crippen LogP contribution in [0.25, 0.3) is 0 Å². The van der Waals surface area contributed by atoms with Crippen molar-refractivity contribution >= 4 is 6.21 Å². The van der Waals surface area contributed by atoms with Crippen molar-refractivity contribution in [2.45, 2.75) is 38.1 Å². The number of halogens is 1. The molecule has 0 aromatic carbocycles. The summed E-state index contributed by atoms with van der Waals surface area (Å²) in [5.74, 6) is 0.451. The van der Waals surface area contributed by atoms with E-state index in [4.69, 9.17) is 0 Å². The predicted molar refractivity (Wildman–Crippen MR) is 49.0 cm³/mol. The summed E-state index contributed by atoms with van der Waals surface area (Å²) in [6.07, 6.45) is 7.72. The van der Waals surface area contributed by atoms with E-state index in [0.29, 0.717) is 5.92 Å². The first kappa shape index (κ1) is 9.65. The van der Waals surface area contributed by atoms with Crippen LogP contribution in [-0.4, -0.2) is 19.3 Å². The average Bonchev–Trinajstić information content (AvgIpc) is 2.15. The summed E-state index contributed by atoms with van der Waals surface area (Å²) in [6, 6.07) is -0.157. The van der Waals surface area contributed by atoms with Gasteiger partial charge in [-0.1, -0.05) is 19.3 Å². The summed E-state index contributed by atoms with van der Waals surface area (Å²) in [6.45, 7) is 0. The van der Waals surface area contributed by atoms with Crippen molar-refractivity contribution in [3.63, 3.8) is 0 Å². The molecule has 1 atom stereocenters. The second-order valence-corrected chi connectivity index (χ2v) is 3.44. The molecule has 0 spiro atoms. The molecule has 0 aromatic rings. The maximum absolute atomic E-state index is 12.3. The molecule has 0 aromatic heterocycles. The van der Waals surface area contributed by atoms with E-state index in [1.807, 2.05) is 5.54 Å². The molecule has 0 aliphatic heterocycles. The van der Waals surface area contributed by atoms with Crippen LogP contribution in [0.15, 0.2) is 4.99 Å². The molecule has 1 aliphatic rings. The lowest BCUT2D eigenvalue weighted by molar-refractivity contribution is 0.223. The quantitative estimate of drug-likeness (QED) is 0.511. The zero-order valence-electron chi connectivity index (χ0n) is 7.59. The van der Waals surface area contributed by atoms with Gasteiger partial charge in [-0.05, 0) is 18.8 Å². The van der Waals surface area contributed by atoms with Crippen LogP contribution in [-0.2, 0) is 0 Å². The molecule has 0 saturated heterocycles. The van der Waals surface area contributed by atoms with Crippen LogP contribution in [0.3, 0.4) is 0 Å². The fourth-order valence-corrected chi connectivity index (χ4v) is 1.89. The van der Waals surface area contributed by atoms with Gasteiger partial charge in [0.15, 0.2) is 0 Å². The lowest BCUT2D eigenvalue weighted by Gasteiger charge is -2.25. The Hall–Kier alpha value is -0.440. The van der Waals surface area contributed by atoms with Crippen LogP contribution in [0.4, 0.5) is 4.48 Å². The highest BCUT2D eigenvalue weighted by Crippen LogP contribution is 2.25. The first-order valence-electron chi connectivity index (χ1n) is 4.67. The van der Waals surface area contributed by atoms with Crippen LogP contribution in [0.2, 0.25) is 0 Å². The molecule has 3 heteroatoms. The van der Waals surface area contributed by atoms with Gasteiger partial charge < -0.3 is 0 Å². The van der Waals surface area contributed by atoms with Crippen molar-refractivity contribution in [3.05, 3.63) is 0 Å². The lowest BCUT2D eigenvalue weighted by Crippen LogP contribution is -2.33. The smallest absolute Gasteiger partial charge is 0.0747 e. The van der Waals surface area contributed by atoms with Gasteiger partial charge in [0, 0.05) is 13.3 Å². The summed E-state index contributed by atoms with van der Waals surface area (Å²) in [5, 5.41) is 0. The number of nitrogens with zero attached hydrogens (tertiary/aromatic N) is 1. The monoisotopic (exact) mass is 172 g/mol. The third-order valence-electron chi connectivity index (χ3n) is 2.59. The first-order chi connectivity index (χ1) is 5.88. The van der Waals surface area contributed by atoms with E-state index in [-0.39, 0.29) is 6.04 Å². The minimum Gasteiger partial charge on any atom is -0.299 e. The number of nitrogens with one attached hydrogen (secondary N) is 1. The van der Waals surface area contributed by atoms with E-state index < -0.39 is 0 Å². The van der Waals surface area contributed by atoms with Crippen molar-refractivity contribution in [1.29, 1.82) is 0 Å². The third kappa shape index (κ3) is 2.55. The molecule has 1 saturated carbocycles. The van der Waals surface area contributed by atoms with Crippen molar-refractivity contribution in [1.82, 2.24) is 5.54 Å². The normalized spacial score (nSPS) is 23.2. The average molecular weight is 172 g/mol. The summed E-state index contributed by atoms with van der Waals surface area (Å²) < 4.78 is 12.3. The Balaban J connectivity index is 2.40. The summed E-state index contributed by atoms with van der Waals surface area (Å²) in [5.41, 5.74) is 1.82. The molecule has 0 amide bonds. The Morgan fingerprint density at radius 1 is 1.42 bits per heavy atom. The van der Waals surface area contributed by atoms with Gasteiger partial charge in [0.2, 0.25) is 0 Å². The second-order valence-electron chi connectivity index (χ2n) is 3.44. The Bertz CT molecular complexity index is 141. The number of hydrogen-bond acceptors (Lipinski definition) is 2. The van der Waals surface area contributed by atoms with Gasteiger partial charge in [0.25, 0.3) is 0 Å². The number of hydrogen-bond donors (Lipinski definition) is 1. The van der Waals surface area contributed by atoms with Gasteiger partial charge in [0.1, 0.15) is 0 Å². The highest BCUT2D eigenvalue weighted by atomic mass is 19.2. The van der Waals surface area contributed by atoms with E-state index >= 15 is 0 Å². The van der Waals surface area contributed by atoms with Crippen LogP contribution in [0.5, 0.6) is 0 Å². The number of aliphatic imine (C=N–C) groups is 1. The fraction of sp³-hybridized carbons (Fsp3) is 0.889. The Labute approximate surface area is 73.2 Å². The molecule has 1 fully saturated rings. The van der Waals surface area contributed by atoms with E-state index in [2.05, 4.69) is 4.99 Å². The molecule has 12 heavy (non-hydrogen) atoms. The van der Waals surface area contributed by atoms with E-state index in [9.17, 15) is 4.48 Å². The van der Waals surface area contributed by atoms with Gasteiger partial charge in [0.05, 0.1) is 6.04 Å². The van der Waals surface area contributed by atoms with Crippen molar-refractivity contribution in [3.8, 4) is 0 Å². The molecular formula is C9H17FN2. The van der Waals surface area contributed by atoms with Crippen LogP contribution in [0.1, 0.15) is 32.1 Å². The second kappa shape index (κ2) is 5.25. The largest absolute Gasteiger partial charge is 0.299 e. The zero-order valence-corrected chi connectivity index (χ0v) is 7.59.